The van der Waals surface area contributed by atoms with Gasteiger partial charge in [0.1, 0.15) is 0 Å². The molecule has 0 saturated heterocycles. The molecule has 0 atom stereocenters. The standard InChI is InChI=1S/C19H21N3O5/c1-2-27-19(24)14-21(12-15-6-4-3-5-7-15)13-18(23)20-16-8-10-17(11-9-16)22(25)26/h3-11H,2,12-14H2,1H3,(H,20,23). The van der Waals surface area contributed by atoms with E-state index in [-0.39, 0.29) is 31.3 Å². The van der Waals surface area contributed by atoms with Crippen LogP contribution in [0.4, 0.5) is 11.4 Å². The fourth-order valence-corrected chi connectivity index (χ4v) is 2.47. The molecular weight excluding hydrogens is 350 g/mol. The van der Waals surface area contributed by atoms with Crippen molar-refractivity contribution in [2.24, 2.45) is 0 Å². The van der Waals surface area contributed by atoms with Crippen LogP contribution in [0, 0.1) is 10.1 Å². The van der Waals surface area contributed by atoms with Gasteiger partial charge in [0.15, 0.2) is 0 Å². The number of rotatable bonds is 9. The van der Waals surface area contributed by atoms with Gasteiger partial charge in [-0.1, -0.05) is 30.3 Å². The van der Waals surface area contributed by atoms with Gasteiger partial charge in [0, 0.05) is 24.4 Å². The molecule has 0 radical (unpaired) electrons. The van der Waals surface area contributed by atoms with E-state index in [2.05, 4.69) is 5.32 Å². The highest BCUT2D eigenvalue weighted by atomic mass is 16.6. The van der Waals surface area contributed by atoms with Gasteiger partial charge in [-0.05, 0) is 24.6 Å². The molecule has 0 bridgehead atoms. The van der Waals surface area contributed by atoms with Crippen LogP contribution < -0.4 is 5.32 Å². The average Bonchev–Trinajstić information content (AvgIpc) is 2.63. The lowest BCUT2D eigenvalue weighted by atomic mass is 10.2. The molecule has 1 N–H and O–H groups in total. The molecule has 8 heteroatoms. The van der Waals surface area contributed by atoms with Gasteiger partial charge in [-0.3, -0.25) is 24.6 Å². The van der Waals surface area contributed by atoms with Crippen molar-refractivity contribution < 1.29 is 19.2 Å². The fourth-order valence-electron chi connectivity index (χ4n) is 2.47. The Balaban J connectivity index is 2.00. The summed E-state index contributed by atoms with van der Waals surface area (Å²) in [7, 11) is 0. The number of nitro benzene ring substituents is 1. The first-order valence-corrected chi connectivity index (χ1v) is 8.44. The molecule has 2 aromatic rings. The summed E-state index contributed by atoms with van der Waals surface area (Å²) in [6, 6.07) is 15.0. The molecule has 142 valence electrons. The molecule has 0 aliphatic heterocycles. The van der Waals surface area contributed by atoms with Crippen LogP contribution in [0.5, 0.6) is 0 Å². The molecule has 0 saturated carbocycles. The second kappa shape index (κ2) is 10.0. The molecule has 0 aromatic heterocycles. The van der Waals surface area contributed by atoms with Crippen molar-refractivity contribution in [3.05, 3.63) is 70.3 Å². The Kier molecular flexibility index (Phi) is 7.45. The molecule has 0 fully saturated rings. The van der Waals surface area contributed by atoms with Crippen LogP contribution in [0.2, 0.25) is 0 Å². The minimum absolute atomic E-state index is 0.0174. The van der Waals surface area contributed by atoms with Crippen molar-refractivity contribution >= 4 is 23.3 Å². The maximum atomic E-state index is 12.3. The zero-order valence-electron chi connectivity index (χ0n) is 15.0. The number of non-ortho nitro benzene ring substituents is 1. The summed E-state index contributed by atoms with van der Waals surface area (Å²) in [4.78, 5) is 36.0. The van der Waals surface area contributed by atoms with Crippen molar-refractivity contribution in [1.29, 1.82) is 0 Å². The van der Waals surface area contributed by atoms with E-state index in [1.54, 1.807) is 11.8 Å². The van der Waals surface area contributed by atoms with Gasteiger partial charge in [-0.2, -0.15) is 0 Å². The van der Waals surface area contributed by atoms with Crippen molar-refractivity contribution in [2.75, 3.05) is 25.0 Å². The average molecular weight is 371 g/mol. The summed E-state index contributed by atoms with van der Waals surface area (Å²) in [5.74, 6) is -0.736. The summed E-state index contributed by atoms with van der Waals surface area (Å²) in [6.45, 7) is 2.36. The van der Waals surface area contributed by atoms with Gasteiger partial charge in [-0.25, -0.2) is 0 Å². The van der Waals surface area contributed by atoms with E-state index in [1.165, 1.54) is 24.3 Å². The topological polar surface area (TPSA) is 102 Å². The monoisotopic (exact) mass is 371 g/mol. The summed E-state index contributed by atoms with van der Waals surface area (Å²) < 4.78 is 4.97. The lowest BCUT2D eigenvalue weighted by molar-refractivity contribution is -0.384. The summed E-state index contributed by atoms with van der Waals surface area (Å²) >= 11 is 0. The predicted octanol–water partition coefficient (Wildman–Crippen LogP) is 2.60. The molecule has 2 aromatic carbocycles. The number of carbonyl (C=O) groups is 2. The van der Waals surface area contributed by atoms with E-state index >= 15 is 0 Å². The van der Waals surface area contributed by atoms with E-state index < -0.39 is 10.9 Å². The Labute approximate surface area is 156 Å². The Bertz CT molecular complexity index is 778. The molecule has 2 rings (SSSR count). The first-order valence-electron chi connectivity index (χ1n) is 8.44. The molecule has 0 spiro atoms. The van der Waals surface area contributed by atoms with Crippen LogP contribution in [-0.2, 0) is 20.9 Å². The first kappa shape index (κ1) is 20.1. The largest absolute Gasteiger partial charge is 0.465 e. The number of nitrogens with one attached hydrogen (secondary N) is 1. The molecule has 1 amide bonds. The normalized spacial score (nSPS) is 10.4. The minimum atomic E-state index is -0.507. The SMILES string of the molecule is CCOC(=O)CN(CC(=O)Nc1ccc([N+](=O)[O-])cc1)Cc1ccccc1. The Morgan fingerprint density at radius 3 is 2.33 bits per heavy atom. The predicted molar refractivity (Wildman–Crippen MR) is 100 cm³/mol. The van der Waals surface area contributed by atoms with Gasteiger partial charge >= 0.3 is 5.97 Å². The van der Waals surface area contributed by atoms with Crippen LogP contribution in [0.1, 0.15) is 12.5 Å². The minimum Gasteiger partial charge on any atom is -0.465 e. The Morgan fingerprint density at radius 1 is 1.07 bits per heavy atom. The summed E-state index contributed by atoms with van der Waals surface area (Å²) in [5, 5.41) is 13.4. The molecule has 8 nitrogen and oxygen atoms in total. The highest BCUT2D eigenvalue weighted by Gasteiger charge is 2.16. The van der Waals surface area contributed by atoms with Gasteiger partial charge in [-0.15, -0.1) is 0 Å². The van der Waals surface area contributed by atoms with Crippen LogP contribution >= 0.6 is 0 Å². The molecule has 0 aliphatic carbocycles. The van der Waals surface area contributed by atoms with E-state index in [0.29, 0.717) is 12.2 Å². The maximum Gasteiger partial charge on any atom is 0.320 e. The molecular formula is C19H21N3O5. The third-order valence-corrected chi connectivity index (χ3v) is 3.64. The van der Waals surface area contributed by atoms with Crippen LogP contribution in [0.15, 0.2) is 54.6 Å². The first-order chi connectivity index (χ1) is 13.0. The summed E-state index contributed by atoms with van der Waals surface area (Å²) in [6.07, 6.45) is 0. The number of hydrogen-bond acceptors (Lipinski definition) is 6. The molecule has 27 heavy (non-hydrogen) atoms. The number of nitrogens with zero attached hydrogens (tertiary/aromatic N) is 2. The lowest BCUT2D eigenvalue weighted by Crippen LogP contribution is -2.37. The Hall–Kier alpha value is -3.26. The maximum absolute atomic E-state index is 12.3. The molecule has 0 unspecified atom stereocenters. The van der Waals surface area contributed by atoms with Crippen molar-refractivity contribution in [1.82, 2.24) is 4.90 Å². The Morgan fingerprint density at radius 2 is 1.74 bits per heavy atom. The van der Waals surface area contributed by atoms with E-state index in [9.17, 15) is 19.7 Å². The highest BCUT2D eigenvalue weighted by Crippen LogP contribution is 2.15. The zero-order valence-corrected chi connectivity index (χ0v) is 15.0. The molecule has 0 heterocycles. The zero-order chi connectivity index (χ0) is 19.6. The number of anilines is 1. The van der Waals surface area contributed by atoms with Gasteiger partial charge < -0.3 is 10.1 Å². The van der Waals surface area contributed by atoms with E-state index in [0.717, 1.165) is 5.56 Å². The fraction of sp³-hybridized carbons (Fsp3) is 0.263. The van der Waals surface area contributed by atoms with Crippen LogP contribution in [-0.4, -0.2) is 41.4 Å². The number of carbonyl (C=O) groups excluding carboxylic acids is 2. The lowest BCUT2D eigenvalue weighted by Gasteiger charge is -2.21. The van der Waals surface area contributed by atoms with E-state index in [1.807, 2.05) is 30.3 Å². The van der Waals surface area contributed by atoms with Crippen LogP contribution in [0.3, 0.4) is 0 Å². The molecule has 0 aliphatic rings. The van der Waals surface area contributed by atoms with Crippen molar-refractivity contribution in [2.45, 2.75) is 13.5 Å². The van der Waals surface area contributed by atoms with Gasteiger partial charge in [0.25, 0.3) is 5.69 Å². The number of hydrogen-bond donors (Lipinski definition) is 1. The third-order valence-electron chi connectivity index (χ3n) is 3.64. The second-order valence-corrected chi connectivity index (χ2v) is 5.79. The smallest absolute Gasteiger partial charge is 0.320 e. The third kappa shape index (κ3) is 6.87. The number of esters is 1. The van der Waals surface area contributed by atoms with Gasteiger partial charge in [0.2, 0.25) is 5.91 Å². The highest BCUT2D eigenvalue weighted by molar-refractivity contribution is 5.92. The van der Waals surface area contributed by atoms with Crippen molar-refractivity contribution in [3.8, 4) is 0 Å². The number of amides is 1. The number of benzene rings is 2. The van der Waals surface area contributed by atoms with E-state index in [4.69, 9.17) is 4.74 Å². The number of ether oxygens (including phenoxy) is 1. The van der Waals surface area contributed by atoms with Crippen molar-refractivity contribution in [3.63, 3.8) is 0 Å². The van der Waals surface area contributed by atoms with Gasteiger partial charge in [0.05, 0.1) is 24.6 Å². The second-order valence-electron chi connectivity index (χ2n) is 5.79. The quantitative estimate of drug-likeness (QED) is 0.413. The number of nitro groups is 1. The van der Waals surface area contributed by atoms with Crippen LogP contribution in [0.25, 0.3) is 0 Å². The summed E-state index contributed by atoms with van der Waals surface area (Å²) in [5.41, 5.74) is 1.35.